The van der Waals surface area contributed by atoms with Crippen LogP contribution < -0.4 is 10.6 Å². The first-order valence-electron chi connectivity index (χ1n) is 7.79. The summed E-state index contributed by atoms with van der Waals surface area (Å²) in [6, 6.07) is 10.4. The molecule has 1 aromatic carbocycles. The van der Waals surface area contributed by atoms with Gasteiger partial charge < -0.3 is 15.2 Å². The zero-order valence-corrected chi connectivity index (χ0v) is 15.2. The number of hydrogen-bond acceptors (Lipinski definition) is 8. The molecule has 0 aliphatic carbocycles. The van der Waals surface area contributed by atoms with E-state index in [1.807, 2.05) is 36.9 Å². The van der Waals surface area contributed by atoms with Gasteiger partial charge in [-0.3, -0.25) is 0 Å². The minimum atomic E-state index is 0.138. The van der Waals surface area contributed by atoms with Gasteiger partial charge in [0.05, 0.1) is 11.8 Å². The highest BCUT2D eigenvalue weighted by molar-refractivity contribution is 7.98. The summed E-state index contributed by atoms with van der Waals surface area (Å²) in [6.07, 6.45) is 1.74. The highest BCUT2D eigenvalue weighted by Gasteiger charge is 2.14. The third-order valence-corrected chi connectivity index (χ3v) is 4.61. The second-order valence-electron chi connectivity index (χ2n) is 5.70. The van der Waals surface area contributed by atoms with Gasteiger partial charge in [-0.15, -0.1) is 10.2 Å². The molecule has 3 aromatic rings. The first-order chi connectivity index (χ1) is 12.0. The summed E-state index contributed by atoms with van der Waals surface area (Å²) in [5.74, 6) is 1.91. The predicted molar refractivity (Wildman–Crippen MR) is 98.4 cm³/mol. The van der Waals surface area contributed by atoms with Gasteiger partial charge >= 0.3 is 0 Å². The van der Waals surface area contributed by atoms with Crippen LogP contribution in [0.25, 0.3) is 0 Å². The van der Waals surface area contributed by atoms with Crippen LogP contribution in [0.3, 0.4) is 0 Å². The van der Waals surface area contributed by atoms with E-state index >= 15 is 0 Å². The lowest BCUT2D eigenvalue weighted by molar-refractivity contribution is 0.582. The fourth-order valence-electron chi connectivity index (χ4n) is 2.31. The van der Waals surface area contributed by atoms with E-state index in [1.165, 1.54) is 17.3 Å². The number of thioether (sulfide) groups is 1. The zero-order chi connectivity index (χ0) is 17.8. The van der Waals surface area contributed by atoms with Crippen molar-refractivity contribution in [2.24, 2.45) is 0 Å². The molecule has 0 saturated carbocycles. The van der Waals surface area contributed by atoms with E-state index in [0.29, 0.717) is 17.5 Å². The Hall–Kier alpha value is -2.68. The monoisotopic (exact) mass is 356 g/mol. The van der Waals surface area contributed by atoms with E-state index in [0.717, 1.165) is 5.16 Å². The third kappa shape index (κ3) is 4.05. The van der Waals surface area contributed by atoms with Crippen molar-refractivity contribution in [3.05, 3.63) is 48.0 Å². The standard InChI is InChI=1S/C16H20N8S/c1-11(12-7-5-4-6-8-12)24-10-18-22-16(24)25-9-13-19-14(17)21-15(20-13)23(2)3/h4-8,10-11H,9H2,1-3H3,(H2,17,19,20,21)/t11-/m0/s1. The molecule has 0 saturated heterocycles. The van der Waals surface area contributed by atoms with Gasteiger partial charge in [-0.05, 0) is 12.5 Å². The SMILES string of the molecule is C[C@@H](c1ccccc1)n1cnnc1SCc1nc(N)nc(N(C)C)n1. The number of hydrogen-bond donors (Lipinski definition) is 1. The Morgan fingerprint density at radius 1 is 1.16 bits per heavy atom. The Balaban J connectivity index is 1.76. The van der Waals surface area contributed by atoms with Crippen molar-refractivity contribution in [3.8, 4) is 0 Å². The molecule has 0 bridgehead atoms. The van der Waals surface area contributed by atoms with Crippen molar-refractivity contribution in [2.45, 2.75) is 23.9 Å². The zero-order valence-electron chi connectivity index (χ0n) is 14.4. The summed E-state index contributed by atoms with van der Waals surface area (Å²) in [5, 5.41) is 9.08. The number of nitrogens with two attached hydrogens (primary N) is 1. The Morgan fingerprint density at radius 2 is 1.92 bits per heavy atom. The quantitative estimate of drug-likeness (QED) is 0.670. The third-order valence-electron chi connectivity index (χ3n) is 3.66. The smallest absolute Gasteiger partial charge is 0.229 e. The average Bonchev–Trinajstić information content (AvgIpc) is 3.08. The van der Waals surface area contributed by atoms with Crippen LogP contribution in [0.5, 0.6) is 0 Å². The van der Waals surface area contributed by atoms with E-state index in [4.69, 9.17) is 5.73 Å². The Bertz CT molecular complexity index is 833. The van der Waals surface area contributed by atoms with Crippen LogP contribution in [-0.2, 0) is 5.75 Å². The number of anilines is 2. The van der Waals surface area contributed by atoms with Crippen molar-refractivity contribution in [3.63, 3.8) is 0 Å². The molecule has 1 atom stereocenters. The minimum absolute atomic E-state index is 0.138. The fraction of sp³-hybridized carbons (Fsp3) is 0.312. The molecule has 2 N–H and O–H groups in total. The summed E-state index contributed by atoms with van der Waals surface area (Å²) < 4.78 is 2.04. The predicted octanol–water partition coefficient (Wildman–Crippen LogP) is 2.01. The molecule has 3 rings (SSSR count). The molecular weight excluding hydrogens is 336 g/mol. The van der Waals surface area contributed by atoms with Crippen LogP contribution in [0.15, 0.2) is 41.8 Å². The molecule has 0 aliphatic rings. The first-order valence-corrected chi connectivity index (χ1v) is 8.78. The van der Waals surface area contributed by atoms with E-state index in [1.54, 1.807) is 11.2 Å². The van der Waals surface area contributed by atoms with Gasteiger partial charge in [0, 0.05) is 14.1 Å². The van der Waals surface area contributed by atoms with Gasteiger partial charge in [-0.2, -0.15) is 15.0 Å². The van der Waals surface area contributed by atoms with Crippen LogP contribution in [-0.4, -0.2) is 43.8 Å². The van der Waals surface area contributed by atoms with Gasteiger partial charge in [0.1, 0.15) is 12.2 Å². The molecule has 25 heavy (non-hydrogen) atoms. The molecule has 0 spiro atoms. The molecule has 0 fully saturated rings. The highest BCUT2D eigenvalue weighted by Crippen LogP contribution is 2.26. The molecule has 2 heterocycles. The van der Waals surface area contributed by atoms with Crippen LogP contribution >= 0.6 is 11.8 Å². The number of rotatable bonds is 6. The van der Waals surface area contributed by atoms with E-state index in [9.17, 15) is 0 Å². The second kappa shape index (κ2) is 7.47. The average molecular weight is 356 g/mol. The summed E-state index contributed by atoms with van der Waals surface area (Å²) in [6.45, 7) is 2.12. The van der Waals surface area contributed by atoms with Gasteiger partial charge in [0.25, 0.3) is 0 Å². The van der Waals surface area contributed by atoms with E-state index < -0.39 is 0 Å². The van der Waals surface area contributed by atoms with Crippen molar-refractivity contribution < 1.29 is 0 Å². The normalized spacial score (nSPS) is 12.1. The van der Waals surface area contributed by atoms with Crippen molar-refractivity contribution in [2.75, 3.05) is 24.7 Å². The maximum Gasteiger partial charge on any atom is 0.229 e. The van der Waals surface area contributed by atoms with Gasteiger partial charge in [-0.25, -0.2) is 0 Å². The maximum atomic E-state index is 5.77. The lowest BCUT2D eigenvalue weighted by Crippen LogP contribution is -2.16. The Morgan fingerprint density at radius 3 is 2.64 bits per heavy atom. The molecule has 2 aromatic heterocycles. The highest BCUT2D eigenvalue weighted by atomic mass is 32.2. The summed E-state index contributed by atoms with van der Waals surface area (Å²) in [4.78, 5) is 14.5. The number of nitrogen functional groups attached to an aromatic ring is 1. The van der Waals surface area contributed by atoms with E-state index in [2.05, 4.69) is 44.2 Å². The van der Waals surface area contributed by atoms with Gasteiger partial charge in [0.2, 0.25) is 11.9 Å². The topological polar surface area (TPSA) is 98.6 Å². The molecule has 130 valence electrons. The number of nitrogens with zero attached hydrogens (tertiary/aromatic N) is 7. The fourth-order valence-corrected chi connectivity index (χ4v) is 3.16. The lowest BCUT2D eigenvalue weighted by Gasteiger charge is -2.15. The number of benzene rings is 1. The minimum Gasteiger partial charge on any atom is -0.368 e. The maximum absolute atomic E-state index is 5.77. The summed E-state index contributed by atoms with van der Waals surface area (Å²) in [7, 11) is 3.73. The summed E-state index contributed by atoms with van der Waals surface area (Å²) in [5.41, 5.74) is 6.97. The Kier molecular flexibility index (Phi) is 5.13. The molecule has 0 radical (unpaired) electrons. The molecule has 0 unspecified atom stereocenters. The van der Waals surface area contributed by atoms with Crippen molar-refractivity contribution in [1.29, 1.82) is 0 Å². The van der Waals surface area contributed by atoms with E-state index in [-0.39, 0.29) is 12.0 Å². The molecular formula is C16H20N8S. The molecule has 9 heteroatoms. The number of aromatic nitrogens is 6. The molecule has 0 amide bonds. The van der Waals surface area contributed by atoms with Crippen LogP contribution in [0.2, 0.25) is 0 Å². The van der Waals surface area contributed by atoms with Crippen LogP contribution in [0.4, 0.5) is 11.9 Å². The molecule has 8 nitrogen and oxygen atoms in total. The largest absolute Gasteiger partial charge is 0.368 e. The van der Waals surface area contributed by atoms with Crippen LogP contribution in [0, 0.1) is 0 Å². The van der Waals surface area contributed by atoms with Crippen LogP contribution in [0.1, 0.15) is 24.4 Å². The summed E-state index contributed by atoms with van der Waals surface area (Å²) >= 11 is 1.52. The van der Waals surface area contributed by atoms with Crippen molar-refractivity contribution in [1.82, 2.24) is 29.7 Å². The van der Waals surface area contributed by atoms with Gasteiger partial charge in [0.15, 0.2) is 5.16 Å². The Labute approximate surface area is 150 Å². The lowest BCUT2D eigenvalue weighted by atomic mass is 10.1. The second-order valence-corrected chi connectivity index (χ2v) is 6.64. The van der Waals surface area contributed by atoms with Crippen molar-refractivity contribution >= 4 is 23.7 Å². The van der Waals surface area contributed by atoms with Gasteiger partial charge in [-0.1, -0.05) is 42.1 Å². The first kappa shape index (κ1) is 17.2. The molecule has 0 aliphatic heterocycles.